The van der Waals surface area contributed by atoms with Crippen LogP contribution in [0.3, 0.4) is 0 Å². The lowest BCUT2D eigenvalue weighted by Crippen LogP contribution is -2.33. The molecule has 112 valence electrons. The molecule has 0 bridgehead atoms. The van der Waals surface area contributed by atoms with E-state index in [-0.39, 0.29) is 13.2 Å². The van der Waals surface area contributed by atoms with Crippen LogP contribution in [0.1, 0.15) is 18.1 Å². The highest BCUT2D eigenvalue weighted by Crippen LogP contribution is 2.31. The largest absolute Gasteiger partial charge is 0.480 e. The first-order valence-corrected chi connectivity index (χ1v) is 6.33. The smallest absolute Gasteiger partial charge is 0.318 e. The molecule has 0 amide bonds. The Labute approximate surface area is 122 Å². The molecule has 2 heterocycles. The normalized spacial score (nSPS) is 10.4. The second-order valence-corrected chi connectivity index (χ2v) is 4.35. The highest BCUT2D eigenvalue weighted by Gasteiger charge is 2.37. The molecular weight excluding hydrogens is 272 g/mol. The van der Waals surface area contributed by atoms with E-state index in [1.54, 1.807) is 56.0 Å². The van der Waals surface area contributed by atoms with Crippen molar-refractivity contribution in [3.63, 3.8) is 0 Å². The van der Waals surface area contributed by atoms with Gasteiger partial charge >= 0.3 is 5.97 Å². The molecule has 0 spiro atoms. The maximum atomic E-state index is 11.6. The first-order valence-electron chi connectivity index (χ1n) is 6.33. The second kappa shape index (κ2) is 8.08. The number of hydrogen-bond acceptors (Lipinski definition) is 5. The molecule has 2 aromatic rings. The van der Waals surface area contributed by atoms with Crippen LogP contribution in [0.2, 0.25) is 0 Å². The van der Waals surface area contributed by atoms with E-state index in [0.29, 0.717) is 11.1 Å². The van der Waals surface area contributed by atoms with Gasteiger partial charge in [0.1, 0.15) is 5.41 Å². The summed E-state index contributed by atoms with van der Waals surface area (Å²) in [5.41, 5.74) is 0.323. The summed E-state index contributed by atoms with van der Waals surface area (Å²) in [6, 6.07) is 6.87. The van der Waals surface area contributed by atoms with Gasteiger partial charge in [-0.25, -0.2) is 0 Å². The minimum atomic E-state index is -1.08. The number of hydrogen-bond donors (Lipinski definition) is 3. The number of aliphatic carboxylic acids is 1. The van der Waals surface area contributed by atoms with Gasteiger partial charge in [-0.15, -0.1) is 0 Å². The first-order chi connectivity index (χ1) is 10.1. The number of pyridine rings is 2. The van der Waals surface area contributed by atoms with Crippen molar-refractivity contribution in [1.82, 2.24) is 9.97 Å². The van der Waals surface area contributed by atoms with Crippen LogP contribution in [-0.2, 0) is 10.2 Å². The number of carboxylic acid groups (broad SMARTS) is 1. The third-order valence-electron chi connectivity index (χ3n) is 3.04. The fourth-order valence-corrected chi connectivity index (χ4v) is 1.78. The molecule has 0 aromatic carbocycles. The van der Waals surface area contributed by atoms with Crippen LogP contribution in [0, 0.1) is 0 Å². The van der Waals surface area contributed by atoms with Crippen LogP contribution in [0.15, 0.2) is 49.1 Å². The summed E-state index contributed by atoms with van der Waals surface area (Å²) in [4.78, 5) is 19.4. The van der Waals surface area contributed by atoms with Crippen LogP contribution in [0.5, 0.6) is 0 Å². The van der Waals surface area contributed by atoms with Gasteiger partial charge in [-0.05, 0) is 42.3 Å². The van der Waals surface area contributed by atoms with E-state index >= 15 is 0 Å². The van der Waals surface area contributed by atoms with Crippen LogP contribution in [-0.4, -0.2) is 44.5 Å². The fraction of sp³-hybridized carbons (Fsp3) is 0.267. The number of aliphatic hydroxyl groups is 2. The molecular formula is C15H18N2O4. The van der Waals surface area contributed by atoms with Gasteiger partial charge in [0.05, 0.1) is 13.2 Å². The summed E-state index contributed by atoms with van der Waals surface area (Å²) in [5, 5.41) is 24.7. The van der Waals surface area contributed by atoms with Gasteiger partial charge in [-0.2, -0.15) is 0 Å². The van der Waals surface area contributed by atoms with E-state index in [2.05, 4.69) is 9.97 Å². The van der Waals surface area contributed by atoms with E-state index in [0.717, 1.165) is 0 Å². The standard InChI is InChI=1S/C13H12N2O2.C2H6O2/c1-13(12(16)17,10-2-6-14-7-3-10)11-4-8-15-9-5-11;3-1-2-4/h2-9H,1H3,(H,16,17);3-4H,1-2H2. The third kappa shape index (κ3) is 4.08. The van der Waals surface area contributed by atoms with Gasteiger partial charge in [0.15, 0.2) is 0 Å². The van der Waals surface area contributed by atoms with Gasteiger partial charge in [0.2, 0.25) is 0 Å². The fourth-order valence-electron chi connectivity index (χ4n) is 1.78. The Bertz CT molecular complexity index is 505. The predicted molar refractivity (Wildman–Crippen MR) is 76.7 cm³/mol. The van der Waals surface area contributed by atoms with E-state index in [1.165, 1.54) is 0 Å². The zero-order valence-electron chi connectivity index (χ0n) is 11.7. The number of carboxylic acids is 1. The summed E-state index contributed by atoms with van der Waals surface area (Å²) in [6.07, 6.45) is 6.38. The van der Waals surface area contributed by atoms with Crippen molar-refractivity contribution in [3.8, 4) is 0 Å². The monoisotopic (exact) mass is 290 g/mol. The highest BCUT2D eigenvalue weighted by molar-refractivity contribution is 5.85. The molecule has 0 aliphatic rings. The van der Waals surface area contributed by atoms with Crippen molar-refractivity contribution < 1.29 is 20.1 Å². The zero-order chi connectivity index (χ0) is 15.7. The topological polar surface area (TPSA) is 104 Å². The molecule has 0 saturated heterocycles. The van der Waals surface area contributed by atoms with Crippen molar-refractivity contribution in [2.45, 2.75) is 12.3 Å². The first kappa shape index (κ1) is 16.7. The third-order valence-corrected chi connectivity index (χ3v) is 3.04. The molecule has 0 fully saturated rings. The van der Waals surface area contributed by atoms with Crippen LogP contribution in [0.25, 0.3) is 0 Å². The van der Waals surface area contributed by atoms with E-state index in [1.807, 2.05) is 0 Å². The molecule has 21 heavy (non-hydrogen) atoms. The Morgan fingerprint density at radius 2 is 1.29 bits per heavy atom. The number of aliphatic hydroxyl groups excluding tert-OH is 2. The maximum absolute atomic E-state index is 11.6. The minimum Gasteiger partial charge on any atom is -0.480 e. The van der Waals surface area contributed by atoms with E-state index in [9.17, 15) is 9.90 Å². The molecule has 6 heteroatoms. The zero-order valence-corrected chi connectivity index (χ0v) is 11.7. The Morgan fingerprint density at radius 1 is 0.952 bits per heavy atom. The maximum Gasteiger partial charge on any atom is 0.318 e. The molecule has 0 saturated carbocycles. The van der Waals surface area contributed by atoms with Gasteiger partial charge in [-0.1, -0.05) is 0 Å². The molecule has 0 atom stereocenters. The summed E-state index contributed by atoms with van der Waals surface area (Å²) < 4.78 is 0. The Morgan fingerprint density at radius 3 is 1.52 bits per heavy atom. The Balaban J connectivity index is 0.000000491. The number of aromatic nitrogens is 2. The minimum absolute atomic E-state index is 0.125. The van der Waals surface area contributed by atoms with Gasteiger partial charge in [0, 0.05) is 24.8 Å². The molecule has 0 radical (unpaired) electrons. The molecule has 0 unspecified atom stereocenters. The second-order valence-electron chi connectivity index (χ2n) is 4.35. The van der Waals surface area contributed by atoms with Crippen molar-refractivity contribution in [3.05, 3.63) is 60.2 Å². The number of rotatable bonds is 4. The summed E-state index contributed by atoms with van der Waals surface area (Å²) in [7, 11) is 0. The van der Waals surface area contributed by atoms with Crippen molar-refractivity contribution >= 4 is 5.97 Å². The van der Waals surface area contributed by atoms with E-state index in [4.69, 9.17) is 10.2 Å². The summed E-state index contributed by atoms with van der Waals surface area (Å²) in [6.45, 7) is 1.43. The van der Waals surface area contributed by atoms with Crippen LogP contribution >= 0.6 is 0 Å². The highest BCUT2D eigenvalue weighted by atomic mass is 16.4. The van der Waals surface area contributed by atoms with Gasteiger partial charge in [0.25, 0.3) is 0 Å². The average Bonchev–Trinajstić information content (AvgIpc) is 2.55. The average molecular weight is 290 g/mol. The number of carbonyl (C=O) groups is 1. The summed E-state index contributed by atoms with van der Waals surface area (Å²) in [5.74, 6) is -0.894. The van der Waals surface area contributed by atoms with Crippen molar-refractivity contribution in [1.29, 1.82) is 0 Å². The van der Waals surface area contributed by atoms with Crippen molar-refractivity contribution in [2.24, 2.45) is 0 Å². The SMILES string of the molecule is CC(C(=O)O)(c1ccncc1)c1ccncc1.OCCO. The Kier molecular flexibility index (Phi) is 6.45. The molecule has 0 aliphatic carbocycles. The molecule has 3 N–H and O–H groups in total. The molecule has 6 nitrogen and oxygen atoms in total. The van der Waals surface area contributed by atoms with E-state index < -0.39 is 11.4 Å². The quantitative estimate of drug-likeness (QED) is 0.771. The Hall–Kier alpha value is -2.31. The van der Waals surface area contributed by atoms with Gasteiger partial charge < -0.3 is 15.3 Å². The van der Waals surface area contributed by atoms with Crippen LogP contribution < -0.4 is 0 Å². The van der Waals surface area contributed by atoms with Gasteiger partial charge in [-0.3, -0.25) is 14.8 Å². The summed E-state index contributed by atoms with van der Waals surface area (Å²) >= 11 is 0. The molecule has 2 rings (SSSR count). The van der Waals surface area contributed by atoms with Crippen molar-refractivity contribution in [2.75, 3.05) is 13.2 Å². The molecule has 2 aromatic heterocycles. The lowest BCUT2D eigenvalue weighted by molar-refractivity contribution is -0.141. The predicted octanol–water partition coefficient (Wildman–Crippen LogP) is 0.838. The lowest BCUT2D eigenvalue weighted by atomic mass is 9.77. The number of nitrogens with zero attached hydrogens (tertiary/aromatic N) is 2. The van der Waals surface area contributed by atoms with Crippen LogP contribution in [0.4, 0.5) is 0 Å². The lowest BCUT2D eigenvalue weighted by Gasteiger charge is -2.25. The molecule has 0 aliphatic heterocycles.